The van der Waals surface area contributed by atoms with Crippen LogP contribution in [0.5, 0.6) is 0 Å². The van der Waals surface area contributed by atoms with Crippen molar-refractivity contribution >= 4 is 5.97 Å². The summed E-state index contributed by atoms with van der Waals surface area (Å²) in [7, 11) is 0. The van der Waals surface area contributed by atoms with Gasteiger partial charge in [-0.2, -0.15) is 0 Å². The summed E-state index contributed by atoms with van der Waals surface area (Å²) in [5.74, 6) is 3.03. The lowest BCUT2D eigenvalue weighted by Crippen LogP contribution is -2.58. The third-order valence-corrected chi connectivity index (χ3v) is 11.7. The smallest absolute Gasteiger partial charge is 0.302 e. The van der Waals surface area contributed by atoms with Gasteiger partial charge in [-0.25, -0.2) is 0 Å². The van der Waals surface area contributed by atoms with Crippen LogP contribution in [0.1, 0.15) is 114 Å². The van der Waals surface area contributed by atoms with E-state index in [0.717, 1.165) is 36.5 Å². The molecule has 4 aliphatic carbocycles. The fourth-order valence-electron chi connectivity index (χ4n) is 9.72. The number of rotatable bonds is 4. The van der Waals surface area contributed by atoms with E-state index in [0.29, 0.717) is 10.8 Å². The second-order valence-electron chi connectivity index (χ2n) is 13.9. The molecule has 0 N–H and O–H groups in total. The Morgan fingerprint density at radius 3 is 2.30 bits per heavy atom. The van der Waals surface area contributed by atoms with Crippen molar-refractivity contribution in [2.24, 2.45) is 45.3 Å². The van der Waals surface area contributed by atoms with Crippen LogP contribution in [0.3, 0.4) is 0 Å². The molecule has 8 atom stereocenters. The molecule has 0 saturated heterocycles. The van der Waals surface area contributed by atoms with Crippen LogP contribution < -0.4 is 0 Å². The van der Waals surface area contributed by atoms with Gasteiger partial charge in [0.15, 0.2) is 0 Å². The molecule has 2 heteroatoms. The zero-order valence-corrected chi connectivity index (χ0v) is 23.0. The minimum atomic E-state index is -0.133. The number of allylic oxidation sites excluding steroid dienone is 3. The average Bonchev–Trinajstić information content (AvgIpc) is 3.00. The molecule has 4 aliphatic rings. The fourth-order valence-corrected chi connectivity index (χ4v) is 9.72. The lowest BCUT2D eigenvalue weighted by Gasteiger charge is -2.64. The van der Waals surface area contributed by atoms with Crippen LogP contribution >= 0.6 is 0 Å². The molecule has 3 fully saturated rings. The highest BCUT2D eigenvalue weighted by atomic mass is 16.5. The van der Waals surface area contributed by atoms with Gasteiger partial charge in [0.25, 0.3) is 0 Å². The maximum atomic E-state index is 11.8. The van der Waals surface area contributed by atoms with Crippen molar-refractivity contribution in [3.05, 3.63) is 23.3 Å². The molecule has 2 nitrogen and oxygen atoms in total. The molecular formula is C31H50O2. The maximum absolute atomic E-state index is 11.8. The first-order chi connectivity index (χ1) is 15.3. The Hall–Kier alpha value is -1.05. The molecule has 0 amide bonds. The lowest BCUT2D eigenvalue weighted by molar-refractivity contribution is -0.159. The zero-order chi connectivity index (χ0) is 24.4. The molecule has 0 aromatic carbocycles. The quantitative estimate of drug-likeness (QED) is 0.314. The van der Waals surface area contributed by atoms with E-state index in [1.165, 1.54) is 44.1 Å². The van der Waals surface area contributed by atoms with E-state index >= 15 is 0 Å². The second kappa shape index (κ2) is 8.27. The van der Waals surface area contributed by atoms with Crippen LogP contribution in [-0.2, 0) is 9.53 Å². The van der Waals surface area contributed by atoms with Gasteiger partial charge in [0.2, 0.25) is 0 Å². The Morgan fingerprint density at radius 1 is 1.00 bits per heavy atom. The molecular weight excluding hydrogens is 404 g/mol. The molecule has 8 unspecified atom stereocenters. The van der Waals surface area contributed by atoms with Gasteiger partial charge < -0.3 is 4.74 Å². The van der Waals surface area contributed by atoms with E-state index in [1.807, 2.05) is 0 Å². The number of carbonyl (C=O) groups excluding carboxylic acids is 1. The molecule has 4 rings (SSSR count). The number of hydrogen-bond donors (Lipinski definition) is 0. The first-order valence-corrected chi connectivity index (χ1v) is 13.8. The van der Waals surface area contributed by atoms with Crippen LogP contribution in [-0.4, -0.2) is 12.1 Å². The number of esters is 1. The highest BCUT2D eigenvalue weighted by Crippen LogP contribution is 2.73. The standard InChI is InChI=1S/C31H50O2/c1-20(2)10-11-21(3)23-14-18-31(9)25-12-13-26-28(5,6)27(33-22(4)32)16-17-29(26,7)24(25)15-19-30(23,31)8/h10,13,21,23-25,27H,11-12,14-19H2,1-9H3. The minimum absolute atomic E-state index is 0.0158. The third kappa shape index (κ3) is 3.68. The van der Waals surface area contributed by atoms with Crippen LogP contribution in [0.4, 0.5) is 0 Å². The number of ether oxygens (including phenoxy) is 1. The van der Waals surface area contributed by atoms with E-state index in [-0.39, 0.29) is 22.9 Å². The van der Waals surface area contributed by atoms with Crippen LogP contribution in [0.25, 0.3) is 0 Å². The largest absolute Gasteiger partial charge is 0.462 e. The Morgan fingerprint density at radius 2 is 1.67 bits per heavy atom. The number of fused-ring (bicyclic) bond motifs is 5. The molecule has 186 valence electrons. The Labute approximate surface area is 204 Å². The van der Waals surface area contributed by atoms with Gasteiger partial charge >= 0.3 is 5.97 Å². The second-order valence-corrected chi connectivity index (χ2v) is 13.9. The van der Waals surface area contributed by atoms with Crippen molar-refractivity contribution in [3.63, 3.8) is 0 Å². The van der Waals surface area contributed by atoms with E-state index in [9.17, 15) is 4.79 Å². The first-order valence-electron chi connectivity index (χ1n) is 13.8. The normalized spacial score (nSPS) is 44.6. The van der Waals surface area contributed by atoms with Gasteiger partial charge in [-0.05, 0) is 105 Å². The number of hydrogen-bond acceptors (Lipinski definition) is 2. The maximum Gasteiger partial charge on any atom is 0.302 e. The molecule has 0 radical (unpaired) electrons. The zero-order valence-electron chi connectivity index (χ0n) is 23.0. The predicted octanol–water partition coefficient (Wildman–Crippen LogP) is 8.52. The first kappa shape index (κ1) is 25.1. The average molecular weight is 455 g/mol. The third-order valence-electron chi connectivity index (χ3n) is 11.7. The van der Waals surface area contributed by atoms with Crippen molar-refractivity contribution in [3.8, 4) is 0 Å². The SMILES string of the molecule is CC(=O)OC1CCC2(C)C(=CCC3C2CCC2(C)C(C(C)CC=C(C)C)CCC32C)C1(C)C. The molecule has 3 saturated carbocycles. The summed E-state index contributed by atoms with van der Waals surface area (Å²) in [5.41, 5.74) is 4.12. The van der Waals surface area contributed by atoms with Gasteiger partial charge in [0.1, 0.15) is 6.10 Å². The van der Waals surface area contributed by atoms with Crippen molar-refractivity contribution in [1.82, 2.24) is 0 Å². The fraction of sp³-hybridized carbons (Fsp3) is 0.839. The summed E-state index contributed by atoms with van der Waals surface area (Å²) in [6.07, 6.45) is 15.3. The summed E-state index contributed by atoms with van der Waals surface area (Å²) >= 11 is 0. The van der Waals surface area contributed by atoms with E-state index in [4.69, 9.17) is 4.74 Å². The lowest BCUT2D eigenvalue weighted by atomic mass is 9.40. The molecule has 0 aromatic rings. The molecule has 0 aliphatic heterocycles. The summed E-state index contributed by atoms with van der Waals surface area (Å²) in [5, 5.41) is 0. The van der Waals surface area contributed by atoms with E-state index in [2.05, 4.69) is 67.5 Å². The molecule has 0 bridgehead atoms. The van der Waals surface area contributed by atoms with Gasteiger partial charge in [-0.1, -0.05) is 64.8 Å². The van der Waals surface area contributed by atoms with Crippen LogP contribution in [0.2, 0.25) is 0 Å². The molecule has 0 spiro atoms. The van der Waals surface area contributed by atoms with Gasteiger partial charge in [0.05, 0.1) is 0 Å². The van der Waals surface area contributed by atoms with Crippen molar-refractivity contribution in [2.75, 3.05) is 0 Å². The topological polar surface area (TPSA) is 26.3 Å². The monoisotopic (exact) mass is 454 g/mol. The molecule has 0 aromatic heterocycles. The van der Waals surface area contributed by atoms with Gasteiger partial charge in [-0.15, -0.1) is 0 Å². The van der Waals surface area contributed by atoms with Crippen molar-refractivity contribution in [1.29, 1.82) is 0 Å². The highest BCUT2D eigenvalue weighted by Gasteiger charge is 2.66. The van der Waals surface area contributed by atoms with Crippen molar-refractivity contribution in [2.45, 2.75) is 120 Å². The number of carbonyl (C=O) groups is 1. The van der Waals surface area contributed by atoms with Crippen molar-refractivity contribution < 1.29 is 9.53 Å². The van der Waals surface area contributed by atoms with Crippen LogP contribution in [0, 0.1) is 45.3 Å². The summed E-state index contributed by atoms with van der Waals surface area (Å²) in [6.45, 7) is 21.1. The Bertz CT molecular complexity index is 845. The van der Waals surface area contributed by atoms with E-state index in [1.54, 1.807) is 12.5 Å². The van der Waals surface area contributed by atoms with E-state index < -0.39 is 0 Å². The predicted molar refractivity (Wildman–Crippen MR) is 138 cm³/mol. The molecule has 0 heterocycles. The van der Waals surface area contributed by atoms with Gasteiger partial charge in [-0.3, -0.25) is 4.79 Å². The summed E-state index contributed by atoms with van der Waals surface area (Å²) in [6, 6.07) is 0. The minimum Gasteiger partial charge on any atom is -0.462 e. The van der Waals surface area contributed by atoms with Crippen LogP contribution in [0.15, 0.2) is 23.3 Å². The highest BCUT2D eigenvalue weighted by molar-refractivity contribution is 5.66. The Kier molecular flexibility index (Phi) is 6.28. The van der Waals surface area contributed by atoms with Gasteiger partial charge in [0, 0.05) is 12.3 Å². The summed E-state index contributed by atoms with van der Waals surface area (Å²) < 4.78 is 5.84. The Balaban J connectivity index is 1.64. The molecule has 33 heavy (non-hydrogen) atoms. The summed E-state index contributed by atoms with van der Waals surface area (Å²) in [4.78, 5) is 11.8.